The topological polar surface area (TPSA) is 43.4 Å². The van der Waals surface area contributed by atoms with Crippen LogP contribution in [-0.4, -0.2) is 15.0 Å². The average molecular weight is 295 g/mol. The highest BCUT2D eigenvalue weighted by Crippen LogP contribution is 2.27. The molecule has 0 spiro atoms. The Kier molecular flexibility index (Phi) is 4.86. The van der Waals surface area contributed by atoms with Crippen molar-refractivity contribution in [2.24, 2.45) is 0 Å². The van der Waals surface area contributed by atoms with E-state index in [4.69, 9.17) is 27.0 Å². The predicted octanol–water partition coefficient (Wildman–Crippen LogP) is 3.36. The third-order valence-corrected chi connectivity index (χ3v) is 3.80. The summed E-state index contributed by atoms with van der Waals surface area (Å²) in [7, 11) is 1.60. The van der Waals surface area contributed by atoms with Gasteiger partial charge in [0.2, 0.25) is 0 Å². The molecular formula is C11H12Cl2O3S. The summed E-state index contributed by atoms with van der Waals surface area (Å²) >= 11 is 5.37. The Bertz CT molecular complexity index is 536. The summed E-state index contributed by atoms with van der Waals surface area (Å²) in [5.41, 5.74) is 2.62. The highest BCUT2D eigenvalue weighted by molar-refractivity contribution is 8.13. The Hall–Kier alpha value is -0.710. The highest BCUT2D eigenvalue weighted by Gasteiger charge is 2.15. The Morgan fingerprint density at radius 3 is 2.47 bits per heavy atom. The number of aryl methyl sites for hydroxylation is 2. The quantitative estimate of drug-likeness (QED) is 0.800. The van der Waals surface area contributed by atoms with Gasteiger partial charge < -0.3 is 4.74 Å². The molecule has 0 saturated carbocycles. The summed E-state index contributed by atoms with van der Waals surface area (Å²) in [5.74, 6) is 0.612. The van der Waals surface area contributed by atoms with Crippen molar-refractivity contribution in [2.45, 2.75) is 18.7 Å². The van der Waals surface area contributed by atoms with Gasteiger partial charge in [-0.25, -0.2) is 8.42 Å². The monoisotopic (exact) mass is 294 g/mol. The first-order valence-corrected chi connectivity index (χ1v) is 7.54. The molecule has 0 unspecified atom stereocenters. The lowest BCUT2D eigenvalue weighted by molar-refractivity contribution is 0.360. The summed E-state index contributed by atoms with van der Waals surface area (Å²) in [5, 5.41) is 0. The molecule has 1 rings (SSSR count). The van der Waals surface area contributed by atoms with Crippen molar-refractivity contribution in [3.63, 3.8) is 0 Å². The first-order chi connectivity index (χ1) is 7.86. The van der Waals surface area contributed by atoms with Crippen LogP contribution in [0.1, 0.15) is 11.1 Å². The Morgan fingerprint density at radius 1 is 1.29 bits per heavy atom. The lowest BCUT2D eigenvalue weighted by Crippen LogP contribution is -2.00. The SMILES string of the molecule is Cc1cc(S(=O)(=O)Cl)c(C)cc1OC/C=C/Cl. The molecule has 94 valence electrons. The molecule has 0 aliphatic carbocycles. The van der Waals surface area contributed by atoms with E-state index >= 15 is 0 Å². The van der Waals surface area contributed by atoms with Crippen LogP contribution >= 0.6 is 22.3 Å². The molecule has 0 amide bonds. The van der Waals surface area contributed by atoms with Gasteiger partial charge in [-0.2, -0.15) is 0 Å². The van der Waals surface area contributed by atoms with Gasteiger partial charge in [0.1, 0.15) is 12.4 Å². The van der Waals surface area contributed by atoms with E-state index in [-0.39, 0.29) is 4.90 Å². The maximum absolute atomic E-state index is 11.3. The first-order valence-electron chi connectivity index (χ1n) is 4.80. The zero-order valence-corrected chi connectivity index (χ0v) is 11.7. The molecule has 0 fully saturated rings. The molecule has 0 saturated heterocycles. The standard InChI is InChI=1S/C11H12Cl2O3S/c1-8-7-11(17(13,14)15)9(2)6-10(8)16-5-3-4-12/h3-4,6-7H,5H2,1-2H3/b4-3+. The molecule has 0 N–H and O–H groups in total. The van der Waals surface area contributed by atoms with Gasteiger partial charge in [0.05, 0.1) is 4.90 Å². The molecule has 1 aromatic rings. The van der Waals surface area contributed by atoms with Crippen LogP contribution in [0.2, 0.25) is 0 Å². The van der Waals surface area contributed by atoms with Gasteiger partial charge >= 0.3 is 0 Å². The fourth-order valence-corrected chi connectivity index (χ4v) is 2.69. The second-order valence-electron chi connectivity index (χ2n) is 3.49. The minimum absolute atomic E-state index is 0.108. The summed E-state index contributed by atoms with van der Waals surface area (Å²) in [4.78, 5) is 0.108. The number of rotatable bonds is 4. The first kappa shape index (κ1) is 14.4. The maximum Gasteiger partial charge on any atom is 0.261 e. The van der Waals surface area contributed by atoms with E-state index in [1.54, 1.807) is 26.0 Å². The van der Waals surface area contributed by atoms with Crippen molar-refractivity contribution in [1.29, 1.82) is 0 Å². The lowest BCUT2D eigenvalue weighted by Gasteiger charge is -2.10. The maximum atomic E-state index is 11.3. The molecular weight excluding hydrogens is 283 g/mol. The number of hydrogen-bond acceptors (Lipinski definition) is 3. The zero-order valence-electron chi connectivity index (χ0n) is 9.41. The molecule has 3 nitrogen and oxygen atoms in total. The molecule has 0 aliphatic rings. The van der Waals surface area contributed by atoms with Crippen LogP contribution in [-0.2, 0) is 9.05 Å². The molecule has 0 heterocycles. The largest absolute Gasteiger partial charge is 0.489 e. The molecule has 0 aromatic heterocycles. The minimum atomic E-state index is -3.72. The van der Waals surface area contributed by atoms with Gasteiger partial charge in [-0.05, 0) is 43.2 Å². The van der Waals surface area contributed by atoms with Crippen molar-refractivity contribution in [3.8, 4) is 5.75 Å². The molecule has 0 bridgehead atoms. The van der Waals surface area contributed by atoms with E-state index in [1.807, 2.05) is 0 Å². The number of halogens is 2. The van der Waals surface area contributed by atoms with Crippen LogP contribution < -0.4 is 4.74 Å². The Balaban J connectivity index is 3.10. The smallest absolute Gasteiger partial charge is 0.261 e. The van der Waals surface area contributed by atoms with Crippen molar-refractivity contribution in [1.82, 2.24) is 0 Å². The van der Waals surface area contributed by atoms with E-state index in [0.29, 0.717) is 23.5 Å². The Labute approximate surface area is 110 Å². The van der Waals surface area contributed by atoms with E-state index in [2.05, 4.69) is 0 Å². The van der Waals surface area contributed by atoms with Gasteiger partial charge in [0, 0.05) is 16.2 Å². The summed E-state index contributed by atoms with van der Waals surface area (Å²) in [6.07, 6.45) is 1.64. The van der Waals surface area contributed by atoms with Crippen molar-refractivity contribution in [2.75, 3.05) is 6.61 Å². The second-order valence-corrected chi connectivity index (χ2v) is 6.28. The molecule has 1 aromatic carbocycles. The third-order valence-electron chi connectivity index (χ3n) is 2.16. The van der Waals surface area contributed by atoms with Crippen LogP contribution in [0.25, 0.3) is 0 Å². The van der Waals surface area contributed by atoms with Gasteiger partial charge in [-0.1, -0.05) is 11.6 Å². The van der Waals surface area contributed by atoms with Crippen LogP contribution in [0, 0.1) is 13.8 Å². The van der Waals surface area contributed by atoms with Crippen molar-refractivity contribution in [3.05, 3.63) is 34.9 Å². The minimum Gasteiger partial charge on any atom is -0.489 e. The van der Waals surface area contributed by atoms with Crippen LogP contribution in [0.4, 0.5) is 0 Å². The van der Waals surface area contributed by atoms with E-state index in [9.17, 15) is 8.42 Å². The highest BCUT2D eigenvalue weighted by atomic mass is 35.7. The summed E-state index contributed by atoms with van der Waals surface area (Å²) in [6, 6.07) is 3.14. The summed E-state index contributed by atoms with van der Waals surface area (Å²) < 4.78 is 28.0. The zero-order chi connectivity index (χ0) is 13.1. The van der Waals surface area contributed by atoms with Crippen LogP contribution in [0.5, 0.6) is 5.75 Å². The normalized spacial score (nSPS) is 12.0. The molecule has 0 atom stereocenters. The predicted molar refractivity (Wildman–Crippen MR) is 69.4 cm³/mol. The fraction of sp³-hybridized carbons (Fsp3) is 0.273. The van der Waals surface area contributed by atoms with Crippen LogP contribution in [0.3, 0.4) is 0 Å². The average Bonchev–Trinajstić information content (AvgIpc) is 2.21. The van der Waals surface area contributed by atoms with Gasteiger partial charge in [0.15, 0.2) is 0 Å². The number of ether oxygens (including phenoxy) is 1. The van der Waals surface area contributed by atoms with Crippen LogP contribution in [0.15, 0.2) is 28.6 Å². The van der Waals surface area contributed by atoms with Gasteiger partial charge in [0.25, 0.3) is 9.05 Å². The van der Waals surface area contributed by atoms with E-state index in [1.165, 1.54) is 11.6 Å². The fourth-order valence-electron chi connectivity index (χ4n) is 1.36. The Morgan fingerprint density at radius 2 is 1.94 bits per heavy atom. The molecule has 6 heteroatoms. The summed E-state index contributed by atoms with van der Waals surface area (Å²) in [6.45, 7) is 3.75. The van der Waals surface area contributed by atoms with Gasteiger partial charge in [-0.15, -0.1) is 0 Å². The van der Waals surface area contributed by atoms with Crippen molar-refractivity contribution >= 4 is 31.3 Å². The van der Waals surface area contributed by atoms with E-state index in [0.717, 1.165) is 0 Å². The van der Waals surface area contributed by atoms with E-state index < -0.39 is 9.05 Å². The van der Waals surface area contributed by atoms with Crippen molar-refractivity contribution < 1.29 is 13.2 Å². The number of benzene rings is 1. The lowest BCUT2D eigenvalue weighted by atomic mass is 10.1. The molecule has 0 aliphatic heterocycles. The molecule has 17 heavy (non-hydrogen) atoms. The number of hydrogen-bond donors (Lipinski definition) is 0. The second kappa shape index (κ2) is 5.76. The third kappa shape index (κ3) is 3.91. The molecule has 0 radical (unpaired) electrons. The van der Waals surface area contributed by atoms with Gasteiger partial charge in [-0.3, -0.25) is 0 Å².